The highest BCUT2D eigenvalue weighted by atomic mass is 16.5. The number of ketones is 1. The molecule has 0 aliphatic rings. The Hall–Kier alpha value is -2.21. The monoisotopic (exact) mass is 262 g/mol. The van der Waals surface area contributed by atoms with Gasteiger partial charge in [-0.2, -0.15) is 0 Å². The number of carbonyl (C=O) groups excluding carboxylic acids is 1. The lowest BCUT2D eigenvalue weighted by Crippen LogP contribution is -2.48. The molecule has 3 N–H and O–H groups in total. The smallest absolute Gasteiger partial charge is 0.324 e. The molecule has 0 saturated heterocycles. The Morgan fingerprint density at radius 3 is 2.74 bits per heavy atom. The summed E-state index contributed by atoms with van der Waals surface area (Å²) in [5, 5.41) is 2.46. The zero-order valence-corrected chi connectivity index (χ0v) is 10.6. The number of nitrogens with one attached hydrogen (secondary N) is 1. The summed E-state index contributed by atoms with van der Waals surface area (Å²) in [6.07, 6.45) is 0.672. The van der Waals surface area contributed by atoms with Gasteiger partial charge in [0.05, 0.1) is 6.54 Å². The Morgan fingerprint density at radius 1 is 1.42 bits per heavy atom. The van der Waals surface area contributed by atoms with Crippen molar-refractivity contribution in [3.63, 3.8) is 0 Å². The second-order valence-corrected chi connectivity index (χ2v) is 4.37. The maximum absolute atomic E-state index is 11.6. The summed E-state index contributed by atoms with van der Waals surface area (Å²) in [6.45, 7) is 1.67. The van der Waals surface area contributed by atoms with Gasteiger partial charge in [-0.25, -0.2) is 4.79 Å². The van der Waals surface area contributed by atoms with Gasteiger partial charge in [0.2, 0.25) is 5.78 Å². The lowest BCUT2D eigenvalue weighted by atomic mass is 10.1. The van der Waals surface area contributed by atoms with Crippen LogP contribution in [-0.2, 0) is 6.42 Å². The van der Waals surface area contributed by atoms with E-state index in [2.05, 4.69) is 9.79 Å². The lowest BCUT2D eigenvalue weighted by molar-refractivity contribution is -0.783. The first-order valence-corrected chi connectivity index (χ1v) is 6.03. The average Bonchev–Trinajstić information content (AvgIpc) is 2.81. The van der Waals surface area contributed by atoms with Gasteiger partial charge in [0.1, 0.15) is 0 Å². The quantitative estimate of drug-likeness (QED) is 0.594. The molecule has 1 heterocycles. The van der Waals surface area contributed by atoms with Crippen LogP contribution in [0.15, 0.2) is 39.6 Å². The highest BCUT2D eigenvalue weighted by Crippen LogP contribution is 2.07. The van der Waals surface area contributed by atoms with E-state index in [1.54, 1.807) is 0 Å². The van der Waals surface area contributed by atoms with Crippen molar-refractivity contribution in [1.82, 2.24) is 5.27 Å². The van der Waals surface area contributed by atoms with Gasteiger partial charge in [-0.15, -0.1) is 0 Å². The van der Waals surface area contributed by atoms with E-state index >= 15 is 0 Å². The van der Waals surface area contributed by atoms with Crippen LogP contribution >= 0.6 is 0 Å². The fourth-order valence-electron chi connectivity index (χ4n) is 1.98. The molecule has 6 nitrogen and oxygen atoms in total. The lowest BCUT2D eigenvalue weighted by Gasteiger charge is -2.04. The minimum absolute atomic E-state index is 0.0362. The first kappa shape index (κ1) is 13.2. The van der Waals surface area contributed by atoms with Crippen LogP contribution in [0.3, 0.4) is 0 Å². The van der Waals surface area contributed by atoms with Crippen molar-refractivity contribution < 1.29 is 14.0 Å². The number of aromatic nitrogens is 2. The molecule has 0 radical (unpaired) electrons. The van der Waals surface area contributed by atoms with E-state index in [-0.39, 0.29) is 18.3 Å². The maximum atomic E-state index is 11.6. The van der Waals surface area contributed by atoms with Crippen LogP contribution in [0.2, 0.25) is 0 Å². The number of Topliss-reactive ketones (excluding diaryl/α,β-unsaturated/α-hetero) is 1. The summed E-state index contributed by atoms with van der Waals surface area (Å²) in [4.78, 5) is 23.1. The fraction of sp³-hybridized carbons (Fsp3) is 0.308. The zero-order chi connectivity index (χ0) is 13.8. The van der Waals surface area contributed by atoms with Crippen LogP contribution in [0.4, 0.5) is 0 Å². The van der Waals surface area contributed by atoms with Crippen molar-refractivity contribution >= 4 is 5.78 Å². The van der Waals surface area contributed by atoms with Crippen LogP contribution in [0.5, 0.6) is 0 Å². The van der Waals surface area contributed by atoms with Gasteiger partial charge in [-0.05, 0) is 10.8 Å². The fourth-order valence-corrected chi connectivity index (χ4v) is 1.98. The molecule has 1 unspecified atom stereocenters. The predicted molar refractivity (Wildman–Crippen MR) is 67.8 cm³/mol. The SMILES string of the molecule is CC(Cc1ccccc1)[n+]1[nH]oc(=O)c1C(=O)CN. The summed E-state index contributed by atoms with van der Waals surface area (Å²) in [6, 6.07) is 9.68. The van der Waals surface area contributed by atoms with E-state index in [4.69, 9.17) is 5.73 Å². The molecule has 0 spiro atoms. The van der Waals surface area contributed by atoms with Gasteiger partial charge in [0.15, 0.2) is 6.04 Å². The minimum Gasteiger partial charge on any atom is -0.324 e. The molecule has 0 aliphatic heterocycles. The van der Waals surface area contributed by atoms with E-state index in [0.29, 0.717) is 6.42 Å². The van der Waals surface area contributed by atoms with Crippen LogP contribution in [0.25, 0.3) is 0 Å². The second-order valence-electron chi connectivity index (χ2n) is 4.37. The summed E-state index contributed by atoms with van der Waals surface area (Å²) in [5.41, 5.74) is 5.68. The maximum Gasteiger partial charge on any atom is 0.438 e. The Kier molecular flexibility index (Phi) is 3.91. The van der Waals surface area contributed by atoms with E-state index in [9.17, 15) is 9.59 Å². The summed E-state index contributed by atoms with van der Waals surface area (Å²) < 4.78 is 6.12. The first-order valence-electron chi connectivity index (χ1n) is 6.03. The van der Waals surface area contributed by atoms with Crippen molar-refractivity contribution in [3.05, 3.63) is 52.0 Å². The summed E-state index contributed by atoms with van der Waals surface area (Å²) in [7, 11) is 0. The Balaban J connectivity index is 2.27. The standard InChI is InChI=1S/C13H15N3O3/c1-9(7-10-5-3-2-4-6-10)16-12(11(17)8-14)13(18)19-15-16/h2-6,9H,7-8,14H2,1H3/p+1. The van der Waals surface area contributed by atoms with Gasteiger partial charge < -0.3 is 5.73 Å². The largest absolute Gasteiger partial charge is 0.438 e. The number of aromatic amines is 1. The number of benzene rings is 1. The normalized spacial score (nSPS) is 12.3. The number of H-pyrrole nitrogens is 1. The topological polar surface area (TPSA) is 93.0 Å². The van der Waals surface area contributed by atoms with Gasteiger partial charge in [0.25, 0.3) is 0 Å². The number of rotatable bonds is 5. The number of hydrogen-bond acceptors (Lipinski definition) is 4. The number of carbonyl (C=O) groups is 1. The molecule has 0 amide bonds. The van der Waals surface area contributed by atoms with Crippen LogP contribution in [0.1, 0.15) is 29.0 Å². The second kappa shape index (κ2) is 5.62. The third-order valence-electron chi connectivity index (χ3n) is 2.94. The van der Waals surface area contributed by atoms with E-state index in [1.165, 1.54) is 4.68 Å². The van der Waals surface area contributed by atoms with Crippen molar-refractivity contribution in [1.29, 1.82) is 0 Å². The molecule has 0 saturated carbocycles. The van der Waals surface area contributed by atoms with Crippen LogP contribution in [-0.4, -0.2) is 17.6 Å². The molecule has 100 valence electrons. The van der Waals surface area contributed by atoms with Crippen molar-refractivity contribution in [2.24, 2.45) is 5.73 Å². The minimum atomic E-state index is -0.685. The summed E-state index contributed by atoms with van der Waals surface area (Å²) in [5.74, 6) is -0.435. The third kappa shape index (κ3) is 2.79. The Bertz CT molecular complexity index is 616. The third-order valence-corrected chi connectivity index (χ3v) is 2.94. The molecule has 19 heavy (non-hydrogen) atoms. The zero-order valence-electron chi connectivity index (χ0n) is 10.6. The van der Waals surface area contributed by atoms with Crippen molar-refractivity contribution in [2.75, 3.05) is 6.54 Å². The summed E-state index contributed by atoms with van der Waals surface area (Å²) >= 11 is 0. The Morgan fingerprint density at radius 2 is 2.11 bits per heavy atom. The predicted octanol–water partition coefficient (Wildman–Crippen LogP) is 0.200. The molecular weight excluding hydrogens is 246 g/mol. The van der Waals surface area contributed by atoms with Gasteiger partial charge in [-0.1, -0.05) is 35.0 Å². The van der Waals surface area contributed by atoms with E-state index in [1.807, 2.05) is 37.3 Å². The van der Waals surface area contributed by atoms with Crippen molar-refractivity contribution in [3.8, 4) is 0 Å². The molecule has 1 aromatic carbocycles. The number of nitrogens with zero attached hydrogens (tertiary/aromatic N) is 1. The molecule has 0 bridgehead atoms. The average molecular weight is 262 g/mol. The van der Waals surface area contributed by atoms with Crippen molar-refractivity contribution in [2.45, 2.75) is 19.4 Å². The van der Waals surface area contributed by atoms with E-state index < -0.39 is 11.4 Å². The number of nitrogens with two attached hydrogens (primary N) is 1. The van der Waals surface area contributed by atoms with Gasteiger partial charge in [-0.3, -0.25) is 9.32 Å². The molecule has 6 heteroatoms. The van der Waals surface area contributed by atoms with Gasteiger partial charge >= 0.3 is 11.3 Å². The van der Waals surface area contributed by atoms with Crippen LogP contribution < -0.4 is 16.0 Å². The highest BCUT2D eigenvalue weighted by Gasteiger charge is 2.31. The molecule has 2 rings (SSSR count). The molecule has 2 aromatic rings. The molecule has 0 aliphatic carbocycles. The van der Waals surface area contributed by atoms with E-state index in [0.717, 1.165) is 5.56 Å². The molecule has 1 aromatic heterocycles. The molecular formula is C13H16N3O3+. The van der Waals surface area contributed by atoms with Gasteiger partial charge in [0, 0.05) is 13.3 Å². The molecule has 0 fully saturated rings. The highest BCUT2D eigenvalue weighted by molar-refractivity contribution is 5.93. The Labute approximate surface area is 109 Å². The first-order chi connectivity index (χ1) is 9.13. The molecule has 1 atom stereocenters. The van der Waals surface area contributed by atoms with Crippen LogP contribution in [0, 0.1) is 0 Å². The number of hydrogen-bond donors (Lipinski definition) is 2.